The smallest absolute Gasteiger partial charge is 0.323 e. The lowest BCUT2D eigenvalue weighted by Crippen LogP contribution is -2.31. The van der Waals surface area contributed by atoms with E-state index in [0.717, 1.165) is 10.1 Å². The van der Waals surface area contributed by atoms with Crippen LogP contribution >= 0.6 is 11.6 Å². The Morgan fingerprint density at radius 3 is 2.65 bits per heavy atom. The number of H-pyrrole nitrogens is 2. The third kappa shape index (κ3) is 2.17. The van der Waals surface area contributed by atoms with Crippen LogP contribution in [-0.4, -0.2) is 19.5 Å². The fraction of sp³-hybridized carbons (Fsp3) is 0. The van der Waals surface area contributed by atoms with Crippen molar-refractivity contribution in [2.24, 2.45) is 0 Å². The summed E-state index contributed by atoms with van der Waals surface area (Å²) in [6, 6.07) is 9.34. The van der Waals surface area contributed by atoms with Gasteiger partial charge in [-0.05, 0) is 23.2 Å². The van der Waals surface area contributed by atoms with E-state index in [9.17, 15) is 9.59 Å². The number of hydrogen-bond acceptors (Lipinski definition) is 3. The highest BCUT2D eigenvalue weighted by molar-refractivity contribution is 6.28. The number of hydrogen-bond donors (Lipinski definition) is 2. The van der Waals surface area contributed by atoms with Gasteiger partial charge in [0.1, 0.15) is 0 Å². The molecule has 0 bridgehead atoms. The van der Waals surface area contributed by atoms with Crippen molar-refractivity contribution in [1.82, 2.24) is 19.5 Å². The van der Waals surface area contributed by atoms with Crippen LogP contribution in [0.2, 0.25) is 5.28 Å². The van der Waals surface area contributed by atoms with Crippen molar-refractivity contribution < 1.29 is 0 Å². The van der Waals surface area contributed by atoms with E-state index in [2.05, 4.69) is 15.0 Å². The van der Waals surface area contributed by atoms with E-state index in [1.54, 1.807) is 6.08 Å². The third-order valence-electron chi connectivity index (χ3n) is 2.77. The van der Waals surface area contributed by atoms with Crippen molar-refractivity contribution in [1.29, 1.82) is 0 Å². The zero-order valence-corrected chi connectivity index (χ0v) is 10.9. The molecule has 0 saturated carbocycles. The third-order valence-corrected chi connectivity index (χ3v) is 2.95. The maximum absolute atomic E-state index is 12.1. The van der Waals surface area contributed by atoms with Crippen LogP contribution in [0.25, 0.3) is 23.4 Å². The van der Waals surface area contributed by atoms with Gasteiger partial charge in [0.2, 0.25) is 5.28 Å². The van der Waals surface area contributed by atoms with E-state index >= 15 is 0 Å². The molecule has 0 radical (unpaired) electrons. The summed E-state index contributed by atoms with van der Waals surface area (Å²) in [5.41, 5.74) is 0.108. The average molecular weight is 289 g/mol. The van der Waals surface area contributed by atoms with Crippen LogP contribution in [0.4, 0.5) is 0 Å². The Balaban J connectivity index is 2.15. The molecule has 0 amide bonds. The Labute approximate surface area is 117 Å². The molecule has 0 aliphatic carbocycles. The Bertz CT molecular complexity index is 906. The summed E-state index contributed by atoms with van der Waals surface area (Å²) in [6.45, 7) is 0. The summed E-state index contributed by atoms with van der Waals surface area (Å²) in [5.74, 6) is 0. The predicted octanol–water partition coefficient (Wildman–Crippen LogP) is 1.69. The van der Waals surface area contributed by atoms with Gasteiger partial charge in [-0.3, -0.25) is 9.78 Å². The van der Waals surface area contributed by atoms with E-state index in [-0.39, 0.29) is 16.4 Å². The summed E-state index contributed by atoms with van der Waals surface area (Å²) in [5, 5.41) is 0.0533. The van der Waals surface area contributed by atoms with Crippen molar-refractivity contribution >= 4 is 35.0 Å². The fourth-order valence-electron chi connectivity index (χ4n) is 1.82. The first kappa shape index (κ1) is 12.4. The van der Waals surface area contributed by atoms with Crippen LogP contribution in [0.1, 0.15) is 5.56 Å². The van der Waals surface area contributed by atoms with Crippen LogP contribution in [0.3, 0.4) is 0 Å². The highest BCUT2D eigenvalue weighted by atomic mass is 35.5. The SMILES string of the molecule is O=c1[nH]c2nc(Cl)[nH]c2c(=O)n1C=Cc1ccccc1. The fourth-order valence-corrected chi connectivity index (χ4v) is 2.00. The van der Waals surface area contributed by atoms with Crippen LogP contribution in [0.5, 0.6) is 0 Å². The first-order valence-corrected chi connectivity index (χ1v) is 6.16. The minimum absolute atomic E-state index is 0.0533. The molecule has 20 heavy (non-hydrogen) atoms. The summed E-state index contributed by atoms with van der Waals surface area (Å²) < 4.78 is 0.962. The van der Waals surface area contributed by atoms with Gasteiger partial charge >= 0.3 is 5.69 Å². The van der Waals surface area contributed by atoms with Gasteiger partial charge in [0, 0.05) is 6.20 Å². The molecule has 3 rings (SSSR count). The molecule has 0 spiro atoms. The van der Waals surface area contributed by atoms with Gasteiger partial charge in [-0.15, -0.1) is 0 Å². The monoisotopic (exact) mass is 288 g/mol. The number of rotatable bonds is 2. The van der Waals surface area contributed by atoms with Gasteiger partial charge < -0.3 is 4.98 Å². The summed E-state index contributed by atoms with van der Waals surface area (Å²) in [7, 11) is 0. The van der Waals surface area contributed by atoms with Gasteiger partial charge in [0.05, 0.1) is 0 Å². The van der Waals surface area contributed by atoms with Crippen molar-refractivity contribution in [3.8, 4) is 0 Å². The maximum Gasteiger partial charge on any atom is 0.334 e. The van der Waals surface area contributed by atoms with Gasteiger partial charge in [-0.25, -0.2) is 9.36 Å². The number of imidazole rings is 1. The number of aromatic nitrogens is 4. The van der Waals surface area contributed by atoms with Crippen molar-refractivity contribution in [3.63, 3.8) is 0 Å². The van der Waals surface area contributed by atoms with E-state index in [4.69, 9.17) is 11.6 Å². The molecule has 0 atom stereocenters. The number of benzene rings is 1. The molecule has 7 heteroatoms. The first-order chi connectivity index (χ1) is 9.65. The Kier molecular flexibility index (Phi) is 3.00. The summed E-state index contributed by atoms with van der Waals surface area (Å²) in [6.07, 6.45) is 3.07. The number of nitrogens with one attached hydrogen (secondary N) is 2. The largest absolute Gasteiger partial charge is 0.334 e. The van der Waals surface area contributed by atoms with Gasteiger partial charge in [0.25, 0.3) is 5.56 Å². The molecule has 0 unspecified atom stereocenters. The van der Waals surface area contributed by atoms with Crippen molar-refractivity contribution in [3.05, 3.63) is 62.0 Å². The molecule has 6 nitrogen and oxygen atoms in total. The highest BCUT2D eigenvalue weighted by Crippen LogP contribution is 2.06. The van der Waals surface area contributed by atoms with E-state index in [0.29, 0.717) is 0 Å². The Hall–Kier alpha value is -2.60. The number of aromatic amines is 2. The first-order valence-electron chi connectivity index (χ1n) is 5.78. The average Bonchev–Trinajstić information content (AvgIpc) is 2.80. The van der Waals surface area contributed by atoms with E-state index in [1.165, 1.54) is 6.20 Å². The van der Waals surface area contributed by atoms with Gasteiger partial charge in [-0.1, -0.05) is 30.3 Å². The molecule has 100 valence electrons. The second kappa shape index (κ2) is 4.82. The molecule has 0 aliphatic heterocycles. The van der Waals surface area contributed by atoms with Crippen LogP contribution < -0.4 is 11.2 Å². The van der Waals surface area contributed by atoms with Crippen LogP contribution in [0.15, 0.2) is 39.9 Å². The molecule has 0 aliphatic rings. The van der Waals surface area contributed by atoms with Crippen LogP contribution in [0, 0.1) is 0 Å². The summed E-state index contributed by atoms with van der Waals surface area (Å²) >= 11 is 5.68. The topological polar surface area (TPSA) is 83.5 Å². The summed E-state index contributed by atoms with van der Waals surface area (Å²) in [4.78, 5) is 32.9. The van der Waals surface area contributed by atoms with Crippen LogP contribution in [-0.2, 0) is 0 Å². The number of halogens is 1. The lowest BCUT2D eigenvalue weighted by molar-refractivity contribution is 0.947. The number of nitrogens with zero attached hydrogens (tertiary/aromatic N) is 2. The minimum atomic E-state index is -0.571. The normalized spacial score (nSPS) is 11.4. The maximum atomic E-state index is 12.1. The molecule has 3 aromatic rings. The molecule has 2 heterocycles. The molecule has 2 aromatic heterocycles. The molecular formula is C13H9ClN4O2. The highest BCUT2D eigenvalue weighted by Gasteiger charge is 2.09. The Morgan fingerprint density at radius 2 is 1.90 bits per heavy atom. The second-order valence-corrected chi connectivity index (χ2v) is 4.44. The Morgan fingerprint density at radius 1 is 1.15 bits per heavy atom. The zero-order valence-electron chi connectivity index (χ0n) is 10.1. The quantitative estimate of drug-likeness (QED) is 0.704. The van der Waals surface area contributed by atoms with E-state index in [1.807, 2.05) is 30.3 Å². The van der Waals surface area contributed by atoms with E-state index < -0.39 is 11.2 Å². The molecule has 1 aromatic carbocycles. The van der Waals surface area contributed by atoms with Crippen molar-refractivity contribution in [2.45, 2.75) is 0 Å². The zero-order chi connectivity index (χ0) is 14.1. The van der Waals surface area contributed by atoms with Crippen molar-refractivity contribution in [2.75, 3.05) is 0 Å². The lowest BCUT2D eigenvalue weighted by Gasteiger charge is -1.97. The second-order valence-electron chi connectivity index (χ2n) is 4.08. The van der Waals surface area contributed by atoms with Gasteiger partial charge in [0.15, 0.2) is 11.2 Å². The van der Waals surface area contributed by atoms with Gasteiger partial charge in [-0.2, -0.15) is 4.98 Å². The standard InChI is InChI=1S/C13H9ClN4O2/c14-12-15-9-10(16-12)17-13(20)18(11(9)19)7-6-8-4-2-1-3-5-8/h1-7H,(H,15,16)(H,17,20). The predicted molar refractivity (Wildman–Crippen MR) is 77.7 cm³/mol. The molecule has 2 N–H and O–H groups in total. The minimum Gasteiger partial charge on any atom is -0.323 e. The molecular weight excluding hydrogens is 280 g/mol. The lowest BCUT2D eigenvalue weighted by atomic mass is 10.2. The molecule has 0 fully saturated rings. The molecule has 0 saturated heterocycles. The number of fused-ring (bicyclic) bond motifs is 1.